The van der Waals surface area contributed by atoms with Crippen LogP contribution in [-0.4, -0.2) is 46.9 Å². The molecule has 5 rings (SSSR count). The van der Waals surface area contributed by atoms with E-state index in [1.165, 1.54) is 17.8 Å². The molecule has 2 N–H and O–H groups in total. The maximum absolute atomic E-state index is 10.7. The normalized spacial score (nSPS) is 17.1. The van der Waals surface area contributed by atoms with Crippen molar-refractivity contribution < 1.29 is 5.21 Å². The van der Waals surface area contributed by atoms with Gasteiger partial charge in [0.15, 0.2) is 17.0 Å². The Morgan fingerprint density at radius 1 is 0.923 bits per heavy atom. The highest BCUT2D eigenvalue weighted by Gasteiger charge is 2.45. The van der Waals surface area contributed by atoms with Crippen LogP contribution >= 0.6 is 34.8 Å². The molecule has 7 nitrogen and oxygen atoms in total. The number of hydrogen-bond donors (Lipinski definition) is 2. The number of aromatic nitrogens is 4. The molecule has 1 fully saturated rings. The Labute approximate surface area is 245 Å². The van der Waals surface area contributed by atoms with Crippen molar-refractivity contribution in [3.8, 4) is 17.1 Å². The molecule has 1 aliphatic rings. The number of hydroxylamine groups is 2. The van der Waals surface area contributed by atoms with Crippen molar-refractivity contribution in [1.82, 2.24) is 24.6 Å². The van der Waals surface area contributed by atoms with Gasteiger partial charge in [-0.2, -0.15) is 5.06 Å². The third-order valence-corrected chi connectivity index (χ3v) is 7.48. The summed E-state index contributed by atoms with van der Waals surface area (Å²) in [5, 5.41) is 17.4. The van der Waals surface area contributed by atoms with Gasteiger partial charge < -0.3 is 10.5 Å². The summed E-state index contributed by atoms with van der Waals surface area (Å²) < 4.78 is 1.94. The first-order chi connectivity index (χ1) is 18.4. The van der Waals surface area contributed by atoms with Crippen molar-refractivity contribution in [2.24, 2.45) is 0 Å². The number of piperidine rings is 1. The van der Waals surface area contributed by atoms with Gasteiger partial charge in [-0.15, -0.1) is 0 Å². The second-order valence-corrected chi connectivity index (χ2v) is 12.4. The van der Waals surface area contributed by atoms with Gasteiger partial charge in [0.05, 0.1) is 5.02 Å². The minimum Gasteiger partial charge on any atom is -0.365 e. The van der Waals surface area contributed by atoms with E-state index >= 15 is 0 Å². The highest BCUT2D eigenvalue weighted by atomic mass is 35.5. The van der Waals surface area contributed by atoms with Crippen molar-refractivity contribution in [2.45, 2.75) is 77.9 Å². The van der Waals surface area contributed by atoms with E-state index in [-0.39, 0.29) is 6.04 Å². The van der Waals surface area contributed by atoms with E-state index in [1.807, 2.05) is 62.6 Å². The molecule has 4 aromatic rings. The molecule has 0 bridgehead atoms. The molecule has 0 atom stereocenters. The summed E-state index contributed by atoms with van der Waals surface area (Å²) in [5.41, 5.74) is 2.00. The smallest absolute Gasteiger partial charge is 0.170 e. The van der Waals surface area contributed by atoms with Crippen LogP contribution in [0.1, 0.15) is 60.8 Å². The predicted octanol–water partition coefficient (Wildman–Crippen LogP) is 8.68. The van der Waals surface area contributed by atoms with Crippen LogP contribution in [0.4, 0.5) is 5.82 Å². The number of halogens is 3. The molecular weight excluding hydrogens is 555 g/mol. The summed E-state index contributed by atoms with van der Waals surface area (Å²) in [7, 11) is 0. The van der Waals surface area contributed by atoms with Crippen molar-refractivity contribution in [3.63, 3.8) is 0 Å². The summed E-state index contributed by atoms with van der Waals surface area (Å²) in [5.74, 6) is 1.24. The number of imidazole rings is 1. The Morgan fingerprint density at radius 3 is 2.10 bits per heavy atom. The lowest BCUT2D eigenvalue weighted by molar-refractivity contribution is -0.243. The molecule has 2 aromatic carbocycles. The Hall–Kier alpha value is -2.42. The third kappa shape index (κ3) is 6.18. The zero-order chi connectivity index (χ0) is 28.5. The van der Waals surface area contributed by atoms with Gasteiger partial charge in [0, 0.05) is 38.4 Å². The molecule has 0 amide bonds. The molecule has 0 aliphatic carbocycles. The van der Waals surface area contributed by atoms with E-state index in [0.717, 1.165) is 24.1 Å². The fourth-order valence-electron chi connectivity index (χ4n) is 5.25. The Balaban J connectivity index is 0.00000112. The van der Waals surface area contributed by atoms with Gasteiger partial charge in [0.2, 0.25) is 0 Å². The lowest BCUT2D eigenvalue weighted by Crippen LogP contribution is -2.61. The van der Waals surface area contributed by atoms with E-state index in [0.29, 0.717) is 37.9 Å². The predicted molar refractivity (Wildman–Crippen MR) is 162 cm³/mol. The number of nitrogens with zero attached hydrogens (tertiary/aromatic N) is 5. The van der Waals surface area contributed by atoms with Gasteiger partial charge in [-0.05, 0) is 83.0 Å². The molecule has 208 valence electrons. The largest absolute Gasteiger partial charge is 0.365 e. The monoisotopic (exact) mass is 588 g/mol. The second-order valence-electron chi connectivity index (χ2n) is 11.2. The van der Waals surface area contributed by atoms with Gasteiger partial charge in [-0.3, -0.25) is 4.57 Å². The maximum atomic E-state index is 10.7. The molecule has 2 aromatic heterocycles. The lowest BCUT2D eigenvalue weighted by Gasteiger charge is -2.51. The molecule has 3 heterocycles. The van der Waals surface area contributed by atoms with Crippen LogP contribution in [0.3, 0.4) is 0 Å². The molecule has 10 heteroatoms. The van der Waals surface area contributed by atoms with Crippen molar-refractivity contribution in [1.29, 1.82) is 0 Å². The number of rotatable bonds is 4. The lowest BCUT2D eigenvalue weighted by atomic mass is 9.79. The SMILES string of the molecule is CC1(C)CC(Nc2ncnc3c2nc(-c2ccc(Cl)cc2Cl)n3-c2ccc(Cl)cc2)CC(C)(C)N1O.CCC. The first-order valence-electron chi connectivity index (χ1n) is 13.1. The first kappa shape index (κ1) is 29.6. The van der Waals surface area contributed by atoms with Crippen LogP contribution in [0.25, 0.3) is 28.2 Å². The zero-order valence-corrected chi connectivity index (χ0v) is 25.4. The van der Waals surface area contributed by atoms with Gasteiger partial charge in [0.1, 0.15) is 12.2 Å². The molecule has 0 unspecified atom stereocenters. The average molecular weight is 590 g/mol. The topological polar surface area (TPSA) is 79.1 Å². The summed E-state index contributed by atoms with van der Waals surface area (Å²) in [6.45, 7) is 12.4. The minimum atomic E-state index is -0.407. The number of nitrogens with one attached hydrogen (secondary N) is 1. The molecular formula is C29H35Cl3N6O. The molecule has 0 spiro atoms. The number of fused-ring (bicyclic) bond motifs is 1. The fourth-order valence-corrected chi connectivity index (χ4v) is 5.87. The number of hydrogen-bond acceptors (Lipinski definition) is 6. The Bertz CT molecular complexity index is 1430. The van der Waals surface area contributed by atoms with E-state index in [2.05, 4.69) is 29.1 Å². The van der Waals surface area contributed by atoms with Gasteiger partial charge in [0.25, 0.3) is 0 Å². The highest BCUT2D eigenvalue weighted by Crippen LogP contribution is 2.39. The second kappa shape index (κ2) is 11.6. The summed E-state index contributed by atoms with van der Waals surface area (Å²) >= 11 is 18.9. The average Bonchev–Trinajstić information content (AvgIpc) is 3.23. The van der Waals surface area contributed by atoms with Crippen LogP contribution in [0.2, 0.25) is 15.1 Å². The van der Waals surface area contributed by atoms with Crippen LogP contribution in [-0.2, 0) is 0 Å². The summed E-state index contributed by atoms with van der Waals surface area (Å²) in [6, 6.07) is 12.9. The van der Waals surface area contributed by atoms with Crippen LogP contribution in [0.15, 0.2) is 48.8 Å². The van der Waals surface area contributed by atoms with E-state index in [4.69, 9.17) is 39.8 Å². The van der Waals surface area contributed by atoms with E-state index < -0.39 is 11.1 Å². The van der Waals surface area contributed by atoms with E-state index in [9.17, 15) is 5.21 Å². The maximum Gasteiger partial charge on any atom is 0.170 e. The van der Waals surface area contributed by atoms with Gasteiger partial charge in [-0.1, -0.05) is 55.1 Å². The molecule has 1 saturated heterocycles. The summed E-state index contributed by atoms with van der Waals surface area (Å²) in [4.78, 5) is 14.1. The fraction of sp³-hybridized carbons (Fsp3) is 0.414. The Kier molecular flexibility index (Phi) is 8.79. The minimum absolute atomic E-state index is 0.0692. The highest BCUT2D eigenvalue weighted by molar-refractivity contribution is 6.36. The Morgan fingerprint density at radius 2 is 1.51 bits per heavy atom. The van der Waals surface area contributed by atoms with E-state index in [1.54, 1.807) is 12.1 Å². The van der Waals surface area contributed by atoms with Crippen molar-refractivity contribution in [2.75, 3.05) is 5.32 Å². The van der Waals surface area contributed by atoms with Crippen LogP contribution in [0.5, 0.6) is 0 Å². The third-order valence-electron chi connectivity index (χ3n) is 6.68. The summed E-state index contributed by atoms with van der Waals surface area (Å²) in [6.07, 6.45) is 4.24. The molecule has 0 radical (unpaired) electrons. The van der Waals surface area contributed by atoms with Crippen molar-refractivity contribution >= 4 is 51.8 Å². The van der Waals surface area contributed by atoms with Crippen LogP contribution < -0.4 is 5.32 Å². The quantitative estimate of drug-likeness (QED) is 0.248. The first-order valence-corrected chi connectivity index (χ1v) is 14.2. The van der Waals surface area contributed by atoms with Gasteiger partial charge in [-0.25, -0.2) is 15.0 Å². The van der Waals surface area contributed by atoms with Crippen molar-refractivity contribution in [3.05, 3.63) is 63.9 Å². The zero-order valence-electron chi connectivity index (χ0n) is 23.1. The molecule has 39 heavy (non-hydrogen) atoms. The van der Waals surface area contributed by atoms with Crippen LogP contribution in [0, 0.1) is 0 Å². The standard InChI is InChI=1S/C26H27Cl3N6O.C3H8/c1-25(2)12-17(13-26(3,4)35(25)36)32-22-21-24(31-14-30-22)34(18-8-5-15(27)6-9-18)23(33-21)19-10-7-16(28)11-20(19)29;1-3-2/h5-11,14,17,36H,12-13H2,1-4H3,(H,30,31,32);3H2,1-2H3. The molecule has 0 saturated carbocycles. The molecule has 1 aliphatic heterocycles. The van der Waals surface area contributed by atoms with Gasteiger partial charge >= 0.3 is 0 Å². The number of benzene rings is 2. The number of anilines is 1.